The highest BCUT2D eigenvalue weighted by Gasteiger charge is 2.09. The maximum absolute atomic E-state index is 5.17. The van der Waals surface area contributed by atoms with Crippen LogP contribution in [0.1, 0.15) is 5.89 Å². The third-order valence-electron chi connectivity index (χ3n) is 2.34. The molecule has 0 saturated carbocycles. The Hall–Kier alpha value is -2.21. The second-order valence-corrected chi connectivity index (χ2v) is 4.48. The lowest BCUT2D eigenvalue weighted by molar-refractivity contribution is 0.384. The van der Waals surface area contributed by atoms with Gasteiger partial charge in [-0.05, 0) is 12.1 Å². The smallest absolute Gasteiger partial charge is 0.246 e. The fourth-order valence-corrected chi connectivity index (χ4v) is 2.03. The van der Waals surface area contributed by atoms with E-state index in [9.17, 15) is 0 Å². The molecule has 0 unspecified atom stereocenters. The van der Waals surface area contributed by atoms with Gasteiger partial charge in [0.25, 0.3) is 0 Å². The Kier molecular flexibility index (Phi) is 3.01. The Labute approximate surface area is 108 Å². The van der Waals surface area contributed by atoms with Gasteiger partial charge in [-0.2, -0.15) is 4.98 Å². The van der Waals surface area contributed by atoms with E-state index < -0.39 is 0 Å². The van der Waals surface area contributed by atoms with E-state index in [2.05, 4.69) is 20.4 Å². The number of benzene rings is 1. The van der Waals surface area contributed by atoms with Crippen LogP contribution in [0.4, 0.5) is 5.69 Å². The summed E-state index contributed by atoms with van der Waals surface area (Å²) < 4.78 is 5.17. The van der Waals surface area contributed by atoms with Gasteiger partial charge in [-0.3, -0.25) is 4.98 Å². The summed E-state index contributed by atoms with van der Waals surface area (Å²) in [7, 11) is 0. The minimum absolute atomic E-state index is 0.510. The maximum atomic E-state index is 5.17. The number of hydrogen-bond acceptors (Lipinski definition) is 6. The lowest BCUT2D eigenvalue weighted by Crippen LogP contribution is -1.99. The molecule has 2 heterocycles. The molecule has 6 heteroatoms. The fraction of sp³-hybridized carbons (Fsp3) is 0.0833. The molecule has 1 aromatic carbocycles. The third kappa shape index (κ3) is 2.38. The predicted molar refractivity (Wildman–Crippen MR) is 69.2 cm³/mol. The van der Waals surface area contributed by atoms with Crippen LogP contribution in [0.2, 0.25) is 0 Å². The number of anilines is 1. The monoisotopic (exact) mass is 258 g/mol. The number of rotatable bonds is 4. The zero-order chi connectivity index (χ0) is 12.2. The fourth-order valence-electron chi connectivity index (χ4n) is 1.49. The summed E-state index contributed by atoms with van der Waals surface area (Å²) in [5.74, 6) is 1.14. The first-order chi connectivity index (χ1) is 8.92. The van der Waals surface area contributed by atoms with Crippen molar-refractivity contribution in [2.75, 3.05) is 5.32 Å². The van der Waals surface area contributed by atoms with Crippen LogP contribution in [0.15, 0.2) is 46.6 Å². The van der Waals surface area contributed by atoms with Gasteiger partial charge in [0.15, 0.2) is 0 Å². The summed E-state index contributed by atoms with van der Waals surface area (Å²) in [6.45, 7) is 0.510. The summed E-state index contributed by atoms with van der Waals surface area (Å²) in [5.41, 5.74) is 2.77. The SMILES string of the molecule is c1ccc(NCc2nc(-c3cncs3)no2)cc1. The molecule has 0 aliphatic carbocycles. The van der Waals surface area contributed by atoms with E-state index in [0.717, 1.165) is 10.6 Å². The Balaban J connectivity index is 1.68. The van der Waals surface area contributed by atoms with Crippen LogP contribution in [-0.2, 0) is 6.54 Å². The molecule has 0 aliphatic heterocycles. The zero-order valence-electron chi connectivity index (χ0n) is 9.41. The average molecular weight is 258 g/mol. The normalized spacial score (nSPS) is 10.4. The topological polar surface area (TPSA) is 63.8 Å². The van der Waals surface area contributed by atoms with Crippen molar-refractivity contribution in [2.24, 2.45) is 0 Å². The predicted octanol–water partition coefficient (Wildman–Crippen LogP) is 2.81. The summed E-state index contributed by atoms with van der Waals surface area (Å²) in [5, 5.41) is 7.13. The molecule has 0 saturated heterocycles. The molecule has 1 N–H and O–H groups in total. The molecular weight excluding hydrogens is 248 g/mol. The Bertz CT molecular complexity index is 606. The van der Waals surface area contributed by atoms with Crippen LogP contribution in [0, 0.1) is 0 Å². The zero-order valence-corrected chi connectivity index (χ0v) is 10.2. The van der Waals surface area contributed by atoms with Gasteiger partial charge in [-0.15, -0.1) is 11.3 Å². The van der Waals surface area contributed by atoms with Gasteiger partial charge in [-0.1, -0.05) is 23.4 Å². The van der Waals surface area contributed by atoms with Crippen LogP contribution in [-0.4, -0.2) is 15.1 Å². The lowest BCUT2D eigenvalue weighted by atomic mass is 10.3. The van der Waals surface area contributed by atoms with E-state index in [1.54, 1.807) is 11.7 Å². The molecule has 0 radical (unpaired) electrons. The molecule has 0 atom stereocenters. The number of hydrogen-bond donors (Lipinski definition) is 1. The number of thiazole rings is 1. The highest BCUT2D eigenvalue weighted by molar-refractivity contribution is 7.13. The first-order valence-electron chi connectivity index (χ1n) is 5.42. The Morgan fingerprint density at radius 3 is 2.89 bits per heavy atom. The van der Waals surface area contributed by atoms with Crippen LogP contribution in [0.3, 0.4) is 0 Å². The van der Waals surface area contributed by atoms with Crippen molar-refractivity contribution in [1.82, 2.24) is 15.1 Å². The molecule has 0 aliphatic rings. The summed E-state index contributed by atoms with van der Waals surface area (Å²) in [4.78, 5) is 9.19. The van der Waals surface area contributed by atoms with Crippen LogP contribution in [0.25, 0.3) is 10.7 Å². The molecule has 0 bridgehead atoms. The molecule has 0 amide bonds. The summed E-state index contributed by atoms with van der Waals surface area (Å²) >= 11 is 1.49. The minimum Gasteiger partial charge on any atom is -0.376 e. The maximum Gasteiger partial charge on any atom is 0.246 e. The highest BCUT2D eigenvalue weighted by Crippen LogP contribution is 2.19. The first-order valence-corrected chi connectivity index (χ1v) is 6.30. The second kappa shape index (κ2) is 4.97. The van der Waals surface area contributed by atoms with Gasteiger partial charge < -0.3 is 9.84 Å². The number of aromatic nitrogens is 3. The molecule has 5 nitrogen and oxygen atoms in total. The number of para-hydroxylation sites is 1. The molecule has 0 fully saturated rings. The molecular formula is C12H10N4OS. The van der Waals surface area contributed by atoms with E-state index in [1.807, 2.05) is 30.3 Å². The first kappa shape index (κ1) is 10.9. The molecule has 3 aromatic rings. The van der Waals surface area contributed by atoms with Crippen LogP contribution in [0.5, 0.6) is 0 Å². The van der Waals surface area contributed by atoms with Gasteiger partial charge >= 0.3 is 0 Å². The number of nitrogens with zero attached hydrogens (tertiary/aromatic N) is 3. The Morgan fingerprint density at radius 2 is 2.11 bits per heavy atom. The van der Waals surface area contributed by atoms with Gasteiger partial charge in [0.05, 0.1) is 16.9 Å². The molecule has 18 heavy (non-hydrogen) atoms. The van der Waals surface area contributed by atoms with Crippen molar-refractivity contribution in [1.29, 1.82) is 0 Å². The van der Waals surface area contributed by atoms with Gasteiger partial charge in [0.1, 0.15) is 0 Å². The van der Waals surface area contributed by atoms with E-state index in [4.69, 9.17) is 4.52 Å². The van der Waals surface area contributed by atoms with Crippen LogP contribution >= 0.6 is 11.3 Å². The van der Waals surface area contributed by atoms with Crippen molar-refractivity contribution in [3.8, 4) is 10.7 Å². The molecule has 0 spiro atoms. The summed E-state index contributed by atoms with van der Waals surface area (Å²) in [6.07, 6.45) is 1.73. The van der Waals surface area contributed by atoms with E-state index >= 15 is 0 Å². The van der Waals surface area contributed by atoms with E-state index in [-0.39, 0.29) is 0 Å². The van der Waals surface area contributed by atoms with Crippen molar-refractivity contribution in [3.63, 3.8) is 0 Å². The minimum atomic E-state index is 0.510. The third-order valence-corrected chi connectivity index (χ3v) is 3.11. The van der Waals surface area contributed by atoms with Gasteiger partial charge in [0.2, 0.25) is 11.7 Å². The Morgan fingerprint density at radius 1 is 1.22 bits per heavy atom. The summed E-state index contributed by atoms with van der Waals surface area (Å²) in [6, 6.07) is 9.89. The quantitative estimate of drug-likeness (QED) is 0.779. The standard InChI is InChI=1S/C12H10N4OS/c1-2-4-9(5-3-1)14-7-11-15-12(16-17-11)10-6-13-8-18-10/h1-6,8,14H,7H2. The number of nitrogens with one attached hydrogen (secondary N) is 1. The molecule has 2 aromatic heterocycles. The second-order valence-electron chi connectivity index (χ2n) is 3.60. The lowest BCUT2D eigenvalue weighted by Gasteiger charge is -2.01. The van der Waals surface area contributed by atoms with E-state index in [1.165, 1.54) is 11.3 Å². The van der Waals surface area contributed by atoms with Crippen molar-refractivity contribution >= 4 is 17.0 Å². The van der Waals surface area contributed by atoms with E-state index in [0.29, 0.717) is 18.3 Å². The van der Waals surface area contributed by atoms with Gasteiger partial charge in [0, 0.05) is 11.9 Å². The largest absolute Gasteiger partial charge is 0.376 e. The van der Waals surface area contributed by atoms with Gasteiger partial charge in [-0.25, -0.2) is 0 Å². The van der Waals surface area contributed by atoms with Crippen molar-refractivity contribution in [2.45, 2.75) is 6.54 Å². The molecule has 3 rings (SSSR count). The average Bonchev–Trinajstić information content (AvgIpc) is 3.08. The highest BCUT2D eigenvalue weighted by atomic mass is 32.1. The van der Waals surface area contributed by atoms with Crippen molar-refractivity contribution < 1.29 is 4.52 Å². The van der Waals surface area contributed by atoms with Crippen LogP contribution < -0.4 is 5.32 Å². The van der Waals surface area contributed by atoms with Crippen molar-refractivity contribution in [3.05, 3.63) is 47.9 Å². The molecule has 90 valence electrons.